The molecule has 0 radical (unpaired) electrons. The molecule has 2 rings (SSSR count). The number of aryl methyl sites for hydroxylation is 2. The summed E-state index contributed by atoms with van der Waals surface area (Å²) in [5.41, 5.74) is 4.63. The largest absolute Gasteiger partial charge is 0.338 e. The number of carbonyl (C=O) groups excluding carboxylic acids is 1. The maximum Gasteiger partial charge on any atom is 0.319 e. The van der Waals surface area contributed by atoms with Crippen LogP contribution in [-0.2, 0) is 12.8 Å². The van der Waals surface area contributed by atoms with Crippen LogP contribution in [0, 0.1) is 6.92 Å². The van der Waals surface area contributed by atoms with Gasteiger partial charge in [-0.05, 0) is 49.4 Å². The van der Waals surface area contributed by atoms with Crippen LogP contribution >= 0.6 is 0 Å². The van der Waals surface area contributed by atoms with Crippen LogP contribution in [0.15, 0.2) is 48.5 Å². The molecule has 0 heterocycles. The van der Waals surface area contributed by atoms with Gasteiger partial charge in [0.15, 0.2) is 0 Å². The fourth-order valence-electron chi connectivity index (χ4n) is 2.39. The monoisotopic (exact) mass is 310 g/mol. The van der Waals surface area contributed by atoms with Gasteiger partial charge in [0, 0.05) is 12.2 Å². The van der Waals surface area contributed by atoms with Gasteiger partial charge in [-0.1, -0.05) is 55.3 Å². The third-order valence-corrected chi connectivity index (χ3v) is 3.85. The zero-order valence-corrected chi connectivity index (χ0v) is 14.1. The van der Waals surface area contributed by atoms with Crippen LogP contribution < -0.4 is 10.6 Å². The van der Waals surface area contributed by atoms with Crippen LogP contribution in [0.5, 0.6) is 0 Å². The molecule has 0 atom stereocenters. The Morgan fingerprint density at radius 3 is 2.17 bits per heavy atom. The van der Waals surface area contributed by atoms with Crippen molar-refractivity contribution in [1.82, 2.24) is 5.32 Å². The lowest BCUT2D eigenvalue weighted by Crippen LogP contribution is -2.30. The molecule has 2 N–H and O–H groups in total. The van der Waals surface area contributed by atoms with E-state index in [1.54, 1.807) is 0 Å². The van der Waals surface area contributed by atoms with Gasteiger partial charge >= 0.3 is 6.03 Å². The smallest absolute Gasteiger partial charge is 0.319 e. The van der Waals surface area contributed by atoms with Gasteiger partial charge in [0.1, 0.15) is 0 Å². The topological polar surface area (TPSA) is 41.1 Å². The van der Waals surface area contributed by atoms with Crippen LogP contribution in [0.2, 0.25) is 0 Å². The second-order valence-electron chi connectivity index (χ2n) is 5.92. The number of hydrogen-bond donors (Lipinski definition) is 2. The number of amides is 2. The van der Waals surface area contributed by atoms with Gasteiger partial charge in [-0.25, -0.2) is 4.79 Å². The molecule has 0 aliphatic heterocycles. The lowest BCUT2D eigenvalue weighted by Gasteiger charge is -2.09. The van der Waals surface area contributed by atoms with Crippen molar-refractivity contribution in [3.63, 3.8) is 0 Å². The van der Waals surface area contributed by atoms with Crippen molar-refractivity contribution in [3.05, 3.63) is 65.2 Å². The van der Waals surface area contributed by atoms with Crippen molar-refractivity contribution in [2.45, 2.75) is 39.5 Å². The van der Waals surface area contributed by atoms with Gasteiger partial charge in [0.2, 0.25) is 0 Å². The van der Waals surface area contributed by atoms with Crippen LogP contribution in [0.4, 0.5) is 10.5 Å². The Morgan fingerprint density at radius 1 is 0.913 bits per heavy atom. The van der Waals surface area contributed by atoms with Crippen molar-refractivity contribution in [2.75, 3.05) is 11.9 Å². The maximum atomic E-state index is 11.9. The van der Waals surface area contributed by atoms with Crippen molar-refractivity contribution in [2.24, 2.45) is 0 Å². The average Bonchev–Trinajstić information content (AvgIpc) is 2.56. The summed E-state index contributed by atoms with van der Waals surface area (Å²) in [5, 5.41) is 5.76. The van der Waals surface area contributed by atoms with Crippen LogP contribution in [-0.4, -0.2) is 12.6 Å². The summed E-state index contributed by atoms with van der Waals surface area (Å²) in [6, 6.07) is 16.3. The Bertz CT molecular complexity index is 603. The average molecular weight is 310 g/mol. The van der Waals surface area contributed by atoms with Gasteiger partial charge in [-0.2, -0.15) is 0 Å². The van der Waals surface area contributed by atoms with Crippen molar-refractivity contribution in [1.29, 1.82) is 0 Å². The molecule has 0 aliphatic rings. The molecule has 0 unspecified atom stereocenters. The molecule has 23 heavy (non-hydrogen) atoms. The summed E-state index contributed by atoms with van der Waals surface area (Å²) < 4.78 is 0. The van der Waals surface area contributed by atoms with Crippen LogP contribution in [0.1, 0.15) is 36.5 Å². The summed E-state index contributed by atoms with van der Waals surface area (Å²) in [5.74, 6) is 0. The number of urea groups is 1. The van der Waals surface area contributed by atoms with E-state index in [-0.39, 0.29) is 6.03 Å². The van der Waals surface area contributed by atoms with Crippen molar-refractivity contribution in [3.8, 4) is 0 Å². The first-order valence-electron chi connectivity index (χ1n) is 8.36. The van der Waals surface area contributed by atoms with Gasteiger partial charge in [-0.3, -0.25) is 0 Å². The summed E-state index contributed by atoms with van der Waals surface area (Å²) >= 11 is 0. The highest BCUT2D eigenvalue weighted by molar-refractivity contribution is 5.89. The van der Waals surface area contributed by atoms with E-state index in [0.717, 1.165) is 18.5 Å². The van der Waals surface area contributed by atoms with E-state index in [9.17, 15) is 4.79 Å². The number of unbranched alkanes of at least 4 members (excludes halogenated alkanes) is 1. The van der Waals surface area contributed by atoms with E-state index in [1.807, 2.05) is 12.1 Å². The summed E-state index contributed by atoms with van der Waals surface area (Å²) in [7, 11) is 0. The molecule has 3 heteroatoms. The number of carbonyl (C=O) groups is 1. The second kappa shape index (κ2) is 8.99. The first-order chi connectivity index (χ1) is 11.2. The Hall–Kier alpha value is -2.29. The normalized spacial score (nSPS) is 10.3. The predicted octanol–water partition coefficient (Wildman–Crippen LogP) is 4.70. The standard InChI is InChI=1S/C20H26N2O/c1-3-4-5-17-10-12-19(13-11-17)22-20(23)21-15-14-18-8-6-16(2)7-9-18/h6-13H,3-5,14-15H2,1-2H3,(H2,21,22,23). The molecule has 0 aromatic heterocycles. The molecule has 3 nitrogen and oxygen atoms in total. The Morgan fingerprint density at radius 2 is 1.52 bits per heavy atom. The summed E-state index contributed by atoms with van der Waals surface area (Å²) in [4.78, 5) is 11.9. The molecule has 2 amide bonds. The fourth-order valence-corrected chi connectivity index (χ4v) is 2.39. The van der Waals surface area contributed by atoms with Crippen LogP contribution in [0.25, 0.3) is 0 Å². The minimum atomic E-state index is -0.154. The SMILES string of the molecule is CCCCc1ccc(NC(=O)NCCc2ccc(C)cc2)cc1. The van der Waals surface area contributed by atoms with Crippen LogP contribution in [0.3, 0.4) is 0 Å². The fraction of sp³-hybridized carbons (Fsp3) is 0.350. The predicted molar refractivity (Wildman–Crippen MR) is 97.0 cm³/mol. The van der Waals surface area contributed by atoms with E-state index < -0.39 is 0 Å². The zero-order chi connectivity index (χ0) is 16.5. The maximum absolute atomic E-state index is 11.9. The molecule has 0 saturated heterocycles. The quantitative estimate of drug-likeness (QED) is 0.764. The number of nitrogens with one attached hydrogen (secondary N) is 2. The second-order valence-corrected chi connectivity index (χ2v) is 5.92. The highest BCUT2D eigenvalue weighted by atomic mass is 16.2. The molecule has 122 valence electrons. The molecule has 0 spiro atoms. The van der Waals surface area contributed by atoms with E-state index in [4.69, 9.17) is 0 Å². The highest BCUT2D eigenvalue weighted by Gasteiger charge is 2.02. The highest BCUT2D eigenvalue weighted by Crippen LogP contribution is 2.11. The molecular formula is C20H26N2O. The van der Waals surface area contributed by atoms with Gasteiger partial charge in [0.25, 0.3) is 0 Å². The van der Waals surface area contributed by atoms with Gasteiger partial charge in [0.05, 0.1) is 0 Å². The molecule has 0 aliphatic carbocycles. The summed E-state index contributed by atoms with van der Waals surface area (Å²) in [6.07, 6.45) is 4.33. The molecule has 2 aromatic rings. The molecular weight excluding hydrogens is 284 g/mol. The van der Waals surface area contributed by atoms with E-state index >= 15 is 0 Å². The van der Waals surface area contributed by atoms with Crippen molar-refractivity contribution >= 4 is 11.7 Å². The first kappa shape index (κ1) is 17.1. The number of benzene rings is 2. The Labute approximate surface area is 139 Å². The minimum absolute atomic E-state index is 0.154. The third-order valence-electron chi connectivity index (χ3n) is 3.85. The number of anilines is 1. The zero-order valence-electron chi connectivity index (χ0n) is 14.1. The number of rotatable bonds is 7. The lowest BCUT2D eigenvalue weighted by molar-refractivity contribution is 0.252. The summed E-state index contributed by atoms with van der Waals surface area (Å²) in [6.45, 7) is 4.89. The Kier molecular flexibility index (Phi) is 6.67. The van der Waals surface area contributed by atoms with Gasteiger partial charge in [-0.15, -0.1) is 0 Å². The lowest BCUT2D eigenvalue weighted by atomic mass is 10.1. The Balaban J connectivity index is 1.72. The molecule has 0 bridgehead atoms. The van der Waals surface area contributed by atoms with E-state index in [2.05, 4.69) is 60.9 Å². The molecule has 0 fully saturated rings. The first-order valence-corrected chi connectivity index (χ1v) is 8.36. The van der Waals surface area contributed by atoms with Crippen molar-refractivity contribution < 1.29 is 4.79 Å². The van der Waals surface area contributed by atoms with E-state index in [0.29, 0.717) is 6.54 Å². The third kappa shape index (κ3) is 6.15. The van der Waals surface area contributed by atoms with E-state index in [1.165, 1.54) is 29.5 Å². The molecule has 0 saturated carbocycles. The van der Waals surface area contributed by atoms with Gasteiger partial charge < -0.3 is 10.6 Å². The molecule has 2 aromatic carbocycles. The minimum Gasteiger partial charge on any atom is -0.338 e. The number of hydrogen-bond acceptors (Lipinski definition) is 1.